The molecule has 8 heteroatoms. The van der Waals surface area contributed by atoms with Gasteiger partial charge in [-0.15, -0.1) is 0 Å². The lowest BCUT2D eigenvalue weighted by Crippen LogP contribution is -2.17. The zero-order valence-electron chi connectivity index (χ0n) is 22.6. The molecule has 0 aliphatic carbocycles. The fourth-order valence-electron chi connectivity index (χ4n) is 5.32. The van der Waals surface area contributed by atoms with Crippen molar-refractivity contribution in [1.82, 2.24) is 4.57 Å². The molecule has 4 aromatic carbocycles. The van der Waals surface area contributed by atoms with Gasteiger partial charge in [-0.05, 0) is 47.0 Å². The average molecular weight is 551 g/mol. The van der Waals surface area contributed by atoms with Crippen LogP contribution in [0, 0.1) is 10.1 Å². The fraction of sp³-hybridized carbons (Fsp3) is 0.182. The van der Waals surface area contributed by atoms with Crippen molar-refractivity contribution in [3.05, 3.63) is 141 Å². The maximum atomic E-state index is 11.8. The lowest BCUT2D eigenvalue weighted by atomic mass is 9.97. The molecule has 208 valence electrons. The fourth-order valence-corrected chi connectivity index (χ4v) is 5.32. The van der Waals surface area contributed by atoms with Gasteiger partial charge >= 0.3 is 5.97 Å². The van der Waals surface area contributed by atoms with Crippen LogP contribution in [0.5, 0.6) is 5.75 Å². The molecule has 0 atom stereocenters. The number of rotatable bonds is 11. The molecular formula is C33H30N2O6. The van der Waals surface area contributed by atoms with Crippen molar-refractivity contribution < 1.29 is 24.3 Å². The average Bonchev–Trinajstić information content (AvgIpc) is 3.30. The van der Waals surface area contributed by atoms with E-state index in [2.05, 4.69) is 28.8 Å². The summed E-state index contributed by atoms with van der Waals surface area (Å²) in [4.78, 5) is 23.1. The number of benzene rings is 4. The molecule has 1 heterocycles. The molecule has 8 nitrogen and oxygen atoms in total. The van der Waals surface area contributed by atoms with E-state index < -0.39 is 10.9 Å². The summed E-state index contributed by atoms with van der Waals surface area (Å²) in [5.41, 5.74) is 5.17. The van der Waals surface area contributed by atoms with Crippen LogP contribution in [0.3, 0.4) is 0 Å². The number of aromatic nitrogens is 1. The van der Waals surface area contributed by atoms with Gasteiger partial charge in [-0.3, -0.25) is 10.1 Å². The number of nitrogens with zero attached hydrogens (tertiary/aromatic N) is 2. The topological polar surface area (TPSA) is 104 Å². The van der Waals surface area contributed by atoms with Crippen LogP contribution in [-0.4, -0.2) is 40.9 Å². The van der Waals surface area contributed by atoms with Gasteiger partial charge in [0.25, 0.3) is 5.69 Å². The smallest absolute Gasteiger partial charge is 0.337 e. The Balaban J connectivity index is 1.61. The number of carbonyl (C=O) groups is 1. The van der Waals surface area contributed by atoms with E-state index in [1.165, 1.54) is 13.2 Å². The van der Waals surface area contributed by atoms with E-state index in [4.69, 9.17) is 9.47 Å². The molecule has 1 N–H and O–H groups in total. The number of fused-ring (bicyclic) bond motifs is 1. The second-order valence-corrected chi connectivity index (χ2v) is 9.57. The summed E-state index contributed by atoms with van der Waals surface area (Å²) in [5.74, 6) is 0.161. The van der Waals surface area contributed by atoms with Crippen molar-refractivity contribution in [3.8, 4) is 5.75 Å². The summed E-state index contributed by atoms with van der Waals surface area (Å²) in [5, 5.41) is 22.7. The third kappa shape index (κ3) is 5.83. The summed E-state index contributed by atoms with van der Waals surface area (Å²) >= 11 is 0. The minimum atomic E-state index is -0.425. The Morgan fingerprint density at radius 1 is 0.902 bits per heavy atom. The van der Waals surface area contributed by atoms with E-state index in [1.807, 2.05) is 36.4 Å². The number of carbonyl (C=O) groups excluding carboxylic acids is 1. The number of aliphatic hydroxyl groups is 1. The van der Waals surface area contributed by atoms with E-state index in [1.54, 1.807) is 36.4 Å². The van der Waals surface area contributed by atoms with Crippen LogP contribution in [0.2, 0.25) is 0 Å². The third-order valence-electron chi connectivity index (χ3n) is 7.15. The molecule has 0 aliphatic heterocycles. The van der Waals surface area contributed by atoms with E-state index in [0.29, 0.717) is 30.8 Å². The van der Waals surface area contributed by atoms with Crippen LogP contribution in [0.1, 0.15) is 38.8 Å². The second kappa shape index (κ2) is 12.5. The molecule has 0 bridgehead atoms. The Morgan fingerprint density at radius 2 is 1.54 bits per heavy atom. The van der Waals surface area contributed by atoms with Gasteiger partial charge in [-0.1, -0.05) is 60.7 Å². The Morgan fingerprint density at radius 3 is 2.10 bits per heavy atom. The molecule has 0 saturated carbocycles. The van der Waals surface area contributed by atoms with Crippen molar-refractivity contribution in [2.24, 2.45) is 0 Å². The van der Waals surface area contributed by atoms with Gasteiger partial charge in [0.15, 0.2) is 0 Å². The van der Waals surface area contributed by atoms with Crippen molar-refractivity contribution in [3.63, 3.8) is 0 Å². The Hall–Kier alpha value is -4.95. The number of nitro benzene ring substituents is 1. The minimum absolute atomic E-state index is 0.00161. The van der Waals surface area contributed by atoms with Gasteiger partial charge in [0, 0.05) is 48.2 Å². The molecule has 0 fully saturated rings. The van der Waals surface area contributed by atoms with Gasteiger partial charge in [0.1, 0.15) is 5.75 Å². The maximum absolute atomic E-state index is 11.8. The first kappa shape index (κ1) is 27.6. The summed E-state index contributed by atoms with van der Waals surface area (Å²) in [6.07, 6.45) is 0.816. The molecule has 0 radical (unpaired) electrons. The van der Waals surface area contributed by atoms with Crippen LogP contribution in [0.15, 0.2) is 103 Å². The quantitative estimate of drug-likeness (QED) is 0.121. The molecular weight excluding hydrogens is 520 g/mol. The Kier molecular flexibility index (Phi) is 8.41. The van der Waals surface area contributed by atoms with E-state index in [0.717, 1.165) is 33.3 Å². The third-order valence-corrected chi connectivity index (χ3v) is 7.15. The molecule has 0 unspecified atom stereocenters. The van der Waals surface area contributed by atoms with Gasteiger partial charge in [-0.2, -0.15) is 0 Å². The molecule has 0 saturated heterocycles. The number of nitro groups is 1. The summed E-state index contributed by atoms with van der Waals surface area (Å²) in [6.45, 7) is 0.205. The monoisotopic (exact) mass is 550 g/mol. The Bertz CT molecular complexity index is 1610. The predicted octanol–water partition coefficient (Wildman–Crippen LogP) is 6.13. The molecule has 1 aromatic heterocycles. The largest absolute Gasteiger partial charge is 0.493 e. The highest BCUT2D eigenvalue weighted by Crippen LogP contribution is 2.38. The van der Waals surface area contributed by atoms with Crippen LogP contribution in [0.4, 0.5) is 5.69 Å². The number of aliphatic hydroxyl groups excluding tert-OH is 1. The highest BCUT2D eigenvalue weighted by molar-refractivity contribution is 5.89. The first-order valence-corrected chi connectivity index (χ1v) is 13.3. The van der Waals surface area contributed by atoms with Gasteiger partial charge in [0.2, 0.25) is 0 Å². The lowest BCUT2D eigenvalue weighted by Gasteiger charge is -2.24. The first-order valence-electron chi connectivity index (χ1n) is 13.3. The van der Waals surface area contributed by atoms with Crippen LogP contribution < -0.4 is 4.74 Å². The summed E-state index contributed by atoms with van der Waals surface area (Å²) < 4.78 is 13.0. The number of non-ortho nitro benzene ring substituents is 1. The molecule has 5 rings (SSSR count). The normalized spacial score (nSPS) is 11.1. The number of methoxy groups -OCH3 is 1. The van der Waals surface area contributed by atoms with Gasteiger partial charge < -0.3 is 19.1 Å². The zero-order valence-corrected chi connectivity index (χ0v) is 22.6. The van der Waals surface area contributed by atoms with Crippen molar-refractivity contribution in [2.75, 3.05) is 20.3 Å². The van der Waals surface area contributed by atoms with Crippen molar-refractivity contribution >= 4 is 22.6 Å². The SMILES string of the molecule is COC(=O)c1ccc(OCCc2c(CCO)n(C(c3ccccc3)c3ccccc3)c3ccc([N+](=O)[O-])cc23)cc1. The highest BCUT2D eigenvalue weighted by Gasteiger charge is 2.26. The van der Waals surface area contributed by atoms with E-state index in [9.17, 15) is 20.0 Å². The van der Waals surface area contributed by atoms with Crippen LogP contribution in [0.25, 0.3) is 10.9 Å². The molecule has 0 aliphatic rings. The van der Waals surface area contributed by atoms with Crippen LogP contribution >= 0.6 is 0 Å². The van der Waals surface area contributed by atoms with Gasteiger partial charge in [0.05, 0.1) is 30.2 Å². The summed E-state index contributed by atoms with van der Waals surface area (Å²) in [6, 6.07) is 31.6. The van der Waals surface area contributed by atoms with Crippen molar-refractivity contribution in [2.45, 2.75) is 18.9 Å². The number of hydrogen-bond acceptors (Lipinski definition) is 6. The molecule has 0 spiro atoms. The van der Waals surface area contributed by atoms with E-state index >= 15 is 0 Å². The number of esters is 1. The molecule has 41 heavy (non-hydrogen) atoms. The first-order chi connectivity index (χ1) is 20.0. The van der Waals surface area contributed by atoms with Gasteiger partial charge in [-0.25, -0.2) is 4.79 Å². The van der Waals surface area contributed by atoms with E-state index in [-0.39, 0.29) is 18.3 Å². The number of ether oxygens (including phenoxy) is 2. The molecule has 0 amide bonds. The van der Waals surface area contributed by atoms with Crippen LogP contribution in [-0.2, 0) is 17.6 Å². The molecule has 5 aromatic rings. The minimum Gasteiger partial charge on any atom is -0.493 e. The zero-order chi connectivity index (χ0) is 28.8. The highest BCUT2D eigenvalue weighted by atomic mass is 16.6. The standard InChI is InChI=1S/C33H30N2O6/c1-40-33(37)25-12-15-27(16-13-25)41-21-19-28-29-22-26(35(38)39)14-17-30(29)34(31(28)18-20-36)32(23-8-4-2-5-9-23)24-10-6-3-7-11-24/h2-17,22,32,36H,18-21H2,1H3. The number of hydrogen-bond donors (Lipinski definition) is 1. The maximum Gasteiger partial charge on any atom is 0.337 e. The predicted molar refractivity (Wildman–Crippen MR) is 156 cm³/mol. The lowest BCUT2D eigenvalue weighted by molar-refractivity contribution is -0.384. The summed E-state index contributed by atoms with van der Waals surface area (Å²) in [7, 11) is 1.33. The second-order valence-electron chi connectivity index (χ2n) is 9.57. The Labute approximate surface area is 237 Å². The van der Waals surface area contributed by atoms with Crippen molar-refractivity contribution in [1.29, 1.82) is 0 Å².